The van der Waals surface area contributed by atoms with E-state index in [0.29, 0.717) is 11.5 Å². The molecule has 0 aliphatic rings. The summed E-state index contributed by atoms with van der Waals surface area (Å²) in [5.74, 6) is 0.665. The number of nitrogens with zero attached hydrogens (tertiary/aromatic N) is 3. The van der Waals surface area contributed by atoms with Crippen LogP contribution in [-0.4, -0.2) is 29.3 Å². The van der Waals surface area contributed by atoms with Gasteiger partial charge < -0.3 is 0 Å². The predicted octanol–water partition coefficient (Wildman–Crippen LogP) is 1.77. The maximum atomic E-state index is 11.3. The third-order valence-electron chi connectivity index (χ3n) is 2.74. The molecular weight excluding hydrogens is 276 g/mol. The van der Waals surface area contributed by atoms with E-state index in [2.05, 4.69) is 14.9 Å². The lowest BCUT2D eigenvalue weighted by Crippen LogP contribution is -2.09. The van der Waals surface area contributed by atoms with E-state index in [0.717, 1.165) is 17.5 Å². The molecule has 20 heavy (non-hydrogen) atoms. The normalized spacial score (nSPS) is 11.7. The second-order valence-electron chi connectivity index (χ2n) is 4.41. The van der Waals surface area contributed by atoms with Crippen molar-refractivity contribution >= 4 is 21.4 Å². The lowest BCUT2D eigenvalue weighted by Gasteiger charge is -2.05. The molecule has 0 fully saturated rings. The Balaban J connectivity index is 2.08. The molecule has 2 aromatic heterocycles. The molecule has 0 amide bonds. The molecule has 102 valence electrons. The number of fused-ring (bicyclic) bond motifs is 1. The van der Waals surface area contributed by atoms with Crippen LogP contribution in [0, 0.1) is 0 Å². The molecule has 6 nitrogen and oxygen atoms in total. The Labute approximate surface area is 116 Å². The topological polar surface area (TPSA) is 76.4 Å². The van der Waals surface area contributed by atoms with Crippen molar-refractivity contribution in [3.05, 3.63) is 48.7 Å². The van der Waals surface area contributed by atoms with E-state index in [1.807, 2.05) is 34.9 Å². The number of hydrogen-bond donors (Lipinski definition) is 1. The molecule has 0 radical (unpaired) electrons. The fourth-order valence-electron chi connectivity index (χ4n) is 1.97. The molecule has 0 bridgehead atoms. The molecule has 3 rings (SSSR count). The minimum absolute atomic E-state index is 0.498. The number of rotatable bonds is 3. The van der Waals surface area contributed by atoms with Gasteiger partial charge in [0.25, 0.3) is 0 Å². The van der Waals surface area contributed by atoms with Gasteiger partial charge in [-0.3, -0.25) is 9.12 Å². The number of hydrogen-bond acceptors (Lipinski definition) is 4. The van der Waals surface area contributed by atoms with Gasteiger partial charge >= 0.3 is 0 Å². The number of pyridine rings is 1. The Morgan fingerprint density at radius 1 is 1.10 bits per heavy atom. The Kier molecular flexibility index (Phi) is 2.90. The fourth-order valence-corrected chi connectivity index (χ4v) is 2.53. The molecule has 0 aliphatic heterocycles. The van der Waals surface area contributed by atoms with Gasteiger partial charge in [-0.1, -0.05) is 18.2 Å². The molecule has 0 spiro atoms. The summed E-state index contributed by atoms with van der Waals surface area (Å²) in [7, 11) is -3.30. The van der Waals surface area contributed by atoms with E-state index in [4.69, 9.17) is 0 Å². The SMILES string of the molecule is CS(=O)(=O)Nc1cccc(-c2nnc3ccccn23)c1. The van der Waals surface area contributed by atoms with Gasteiger partial charge in [-0.25, -0.2) is 8.42 Å². The second kappa shape index (κ2) is 4.61. The van der Waals surface area contributed by atoms with Crippen LogP contribution in [0.15, 0.2) is 48.7 Å². The summed E-state index contributed by atoms with van der Waals surface area (Å²) >= 11 is 0. The maximum Gasteiger partial charge on any atom is 0.229 e. The third kappa shape index (κ3) is 2.48. The summed E-state index contributed by atoms with van der Waals surface area (Å²) < 4.78 is 26.8. The summed E-state index contributed by atoms with van der Waals surface area (Å²) in [5, 5.41) is 8.21. The van der Waals surface area contributed by atoms with Crippen molar-refractivity contribution in [2.75, 3.05) is 11.0 Å². The van der Waals surface area contributed by atoms with Gasteiger partial charge in [-0.15, -0.1) is 10.2 Å². The van der Waals surface area contributed by atoms with Gasteiger partial charge in [0.1, 0.15) is 0 Å². The van der Waals surface area contributed by atoms with E-state index in [1.54, 1.807) is 18.2 Å². The Morgan fingerprint density at radius 3 is 2.75 bits per heavy atom. The minimum Gasteiger partial charge on any atom is -0.284 e. The van der Waals surface area contributed by atoms with Crippen molar-refractivity contribution in [1.82, 2.24) is 14.6 Å². The standard InChI is InChI=1S/C13H12N4O2S/c1-20(18,19)16-11-6-4-5-10(9-11)13-15-14-12-7-2-3-8-17(12)13/h2-9,16H,1H3. The van der Waals surface area contributed by atoms with Gasteiger partial charge in [0, 0.05) is 17.4 Å². The van der Waals surface area contributed by atoms with Gasteiger partial charge in [0.05, 0.1) is 6.26 Å². The lowest BCUT2D eigenvalue weighted by molar-refractivity contribution is 0.607. The van der Waals surface area contributed by atoms with Crippen LogP contribution in [0.1, 0.15) is 0 Å². The average Bonchev–Trinajstić information content (AvgIpc) is 2.81. The van der Waals surface area contributed by atoms with Gasteiger partial charge in [-0.05, 0) is 24.3 Å². The first-order chi connectivity index (χ1) is 9.53. The fraction of sp³-hybridized carbons (Fsp3) is 0.0769. The number of aromatic nitrogens is 3. The van der Waals surface area contributed by atoms with Crippen LogP contribution in [0.5, 0.6) is 0 Å². The summed E-state index contributed by atoms with van der Waals surface area (Å²) in [4.78, 5) is 0. The quantitative estimate of drug-likeness (QED) is 0.797. The van der Waals surface area contributed by atoms with Crippen LogP contribution < -0.4 is 4.72 Å². The highest BCUT2D eigenvalue weighted by molar-refractivity contribution is 7.92. The van der Waals surface area contributed by atoms with Crippen LogP contribution in [0.2, 0.25) is 0 Å². The molecule has 1 N–H and O–H groups in total. The van der Waals surface area contributed by atoms with Crippen molar-refractivity contribution < 1.29 is 8.42 Å². The molecule has 1 aromatic carbocycles. The Bertz CT molecular complexity index is 871. The Hall–Kier alpha value is -2.41. The van der Waals surface area contributed by atoms with Gasteiger partial charge in [-0.2, -0.15) is 0 Å². The first-order valence-electron chi connectivity index (χ1n) is 5.91. The number of sulfonamides is 1. The highest BCUT2D eigenvalue weighted by Gasteiger charge is 2.09. The molecule has 7 heteroatoms. The first-order valence-corrected chi connectivity index (χ1v) is 7.80. The van der Waals surface area contributed by atoms with Gasteiger partial charge in [0.15, 0.2) is 11.5 Å². The summed E-state index contributed by atoms with van der Waals surface area (Å²) in [5.41, 5.74) is 2.03. The highest BCUT2D eigenvalue weighted by Crippen LogP contribution is 2.22. The second-order valence-corrected chi connectivity index (χ2v) is 6.16. The molecule has 2 heterocycles. The maximum absolute atomic E-state index is 11.3. The number of benzene rings is 1. The minimum atomic E-state index is -3.30. The van der Waals surface area contributed by atoms with Crippen molar-refractivity contribution in [3.63, 3.8) is 0 Å². The summed E-state index contributed by atoms with van der Waals surface area (Å²) in [6.45, 7) is 0. The van der Waals surface area contributed by atoms with Gasteiger partial charge in [0.2, 0.25) is 10.0 Å². The monoisotopic (exact) mass is 288 g/mol. The molecule has 0 aliphatic carbocycles. The molecule has 0 saturated heterocycles. The van der Waals surface area contributed by atoms with Crippen molar-refractivity contribution in [2.24, 2.45) is 0 Å². The Morgan fingerprint density at radius 2 is 1.95 bits per heavy atom. The number of anilines is 1. The third-order valence-corrected chi connectivity index (χ3v) is 3.34. The molecule has 0 atom stereocenters. The number of nitrogens with one attached hydrogen (secondary N) is 1. The van der Waals surface area contributed by atoms with Crippen LogP contribution in [-0.2, 0) is 10.0 Å². The van der Waals surface area contributed by atoms with E-state index >= 15 is 0 Å². The van der Waals surface area contributed by atoms with Crippen molar-refractivity contribution in [3.8, 4) is 11.4 Å². The molecule has 0 unspecified atom stereocenters. The van der Waals surface area contributed by atoms with Crippen molar-refractivity contribution in [2.45, 2.75) is 0 Å². The van der Waals surface area contributed by atoms with E-state index in [-0.39, 0.29) is 0 Å². The largest absolute Gasteiger partial charge is 0.284 e. The molecule has 0 saturated carbocycles. The zero-order valence-electron chi connectivity index (χ0n) is 10.7. The first kappa shape index (κ1) is 12.6. The molecular formula is C13H12N4O2S. The van der Waals surface area contributed by atoms with Crippen molar-refractivity contribution in [1.29, 1.82) is 0 Å². The molecule has 3 aromatic rings. The van der Waals surface area contributed by atoms with E-state index < -0.39 is 10.0 Å². The summed E-state index contributed by atoms with van der Waals surface area (Å²) in [6, 6.07) is 12.7. The van der Waals surface area contributed by atoms with E-state index in [9.17, 15) is 8.42 Å². The van der Waals surface area contributed by atoms with Crippen LogP contribution in [0.4, 0.5) is 5.69 Å². The zero-order valence-corrected chi connectivity index (χ0v) is 11.5. The van der Waals surface area contributed by atoms with Crippen LogP contribution in [0.3, 0.4) is 0 Å². The lowest BCUT2D eigenvalue weighted by atomic mass is 10.2. The predicted molar refractivity (Wildman–Crippen MR) is 76.9 cm³/mol. The smallest absolute Gasteiger partial charge is 0.229 e. The average molecular weight is 288 g/mol. The van der Waals surface area contributed by atoms with Crippen LogP contribution in [0.25, 0.3) is 17.0 Å². The summed E-state index contributed by atoms with van der Waals surface area (Å²) in [6.07, 6.45) is 2.98. The zero-order chi connectivity index (χ0) is 14.2. The van der Waals surface area contributed by atoms with Crippen LogP contribution >= 0.6 is 0 Å². The van der Waals surface area contributed by atoms with E-state index in [1.165, 1.54) is 0 Å². The highest BCUT2D eigenvalue weighted by atomic mass is 32.2.